The molecule has 0 unspecified atom stereocenters. The summed E-state index contributed by atoms with van der Waals surface area (Å²) in [6.45, 7) is 0.209. The van der Waals surface area contributed by atoms with Gasteiger partial charge in [0.15, 0.2) is 0 Å². The molecule has 0 aliphatic carbocycles. The van der Waals surface area contributed by atoms with Crippen LogP contribution in [0.3, 0.4) is 0 Å². The molecular formula is C12H15NO3. The summed E-state index contributed by atoms with van der Waals surface area (Å²) in [4.78, 5) is 23.8. The van der Waals surface area contributed by atoms with E-state index >= 15 is 0 Å². The van der Waals surface area contributed by atoms with Crippen LogP contribution >= 0.6 is 0 Å². The fraction of sp³-hybridized carbons (Fsp3) is 0.333. The van der Waals surface area contributed by atoms with Crippen molar-refractivity contribution < 1.29 is 14.3 Å². The van der Waals surface area contributed by atoms with Crippen LogP contribution in [-0.4, -0.2) is 30.9 Å². The van der Waals surface area contributed by atoms with Crippen LogP contribution in [-0.2, 0) is 20.9 Å². The van der Waals surface area contributed by atoms with Crippen molar-refractivity contribution in [1.82, 2.24) is 4.90 Å². The molecule has 0 heterocycles. The Bertz CT molecular complexity index is 360. The van der Waals surface area contributed by atoms with E-state index in [4.69, 9.17) is 4.74 Å². The van der Waals surface area contributed by atoms with Gasteiger partial charge in [0, 0.05) is 14.1 Å². The number of esters is 1. The number of ether oxygens (including phenoxy) is 1. The molecule has 0 aliphatic heterocycles. The zero-order chi connectivity index (χ0) is 12.0. The number of amides is 1. The molecule has 0 radical (unpaired) electrons. The summed E-state index contributed by atoms with van der Waals surface area (Å²) < 4.78 is 4.96. The van der Waals surface area contributed by atoms with E-state index < -0.39 is 5.97 Å². The van der Waals surface area contributed by atoms with Crippen molar-refractivity contribution in [1.29, 1.82) is 0 Å². The van der Waals surface area contributed by atoms with Crippen molar-refractivity contribution in [3.8, 4) is 0 Å². The number of benzene rings is 1. The van der Waals surface area contributed by atoms with Gasteiger partial charge in [-0.2, -0.15) is 0 Å². The first-order valence-electron chi connectivity index (χ1n) is 4.99. The lowest BCUT2D eigenvalue weighted by molar-refractivity contribution is -0.149. The maximum absolute atomic E-state index is 11.3. The van der Waals surface area contributed by atoms with Crippen LogP contribution in [0.25, 0.3) is 0 Å². The maximum atomic E-state index is 11.3. The van der Waals surface area contributed by atoms with Crippen LogP contribution in [0.2, 0.25) is 0 Å². The van der Waals surface area contributed by atoms with E-state index in [1.807, 2.05) is 30.3 Å². The first-order chi connectivity index (χ1) is 7.59. The first kappa shape index (κ1) is 12.2. The van der Waals surface area contributed by atoms with E-state index in [0.717, 1.165) is 5.56 Å². The molecule has 0 N–H and O–H groups in total. The fourth-order valence-corrected chi connectivity index (χ4v) is 1.07. The van der Waals surface area contributed by atoms with Gasteiger partial charge >= 0.3 is 5.97 Å². The monoisotopic (exact) mass is 221 g/mol. The number of rotatable bonds is 4. The van der Waals surface area contributed by atoms with Gasteiger partial charge in [-0.1, -0.05) is 30.3 Å². The average molecular weight is 221 g/mol. The van der Waals surface area contributed by atoms with Gasteiger partial charge in [0.2, 0.25) is 5.91 Å². The molecule has 0 atom stereocenters. The Morgan fingerprint density at radius 2 is 1.81 bits per heavy atom. The van der Waals surface area contributed by atoms with E-state index in [9.17, 15) is 9.59 Å². The Kier molecular flexibility index (Phi) is 4.51. The Morgan fingerprint density at radius 1 is 1.19 bits per heavy atom. The topological polar surface area (TPSA) is 46.6 Å². The lowest BCUT2D eigenvalue weighted by atomic mass is 10.2. The third kappa shape index (κ3) is 4.13. The zero-order valence-corrected chi connectivity index (χ0v) is 9.47. The van der Waals surface area contributed by atoms with Crippen LogP contribution < -0.4 is 0 Å². The van der Waals surface area contributed by atoms with Gasteiger partial charge in [0.25, 0.3) is 0 Å². The van der Waals surface area contributed by atoms with E-state index in [2.05, 4.69) is 0 Å². The van der Waals surface area contributed by atoms with Gasteiger partial charge in [-0.15, -0.1) is 0 Å². The number of nitrogens with zero attached hydrogens (tertiary/aromatic N) is 1. The van der Waals surface area contributed by atoms with Crippen LogP contribution in [0.5, 0.6) is 0 Å². The minimum Gasteiger partial charge on any atom is -0.460 e. The second kappa shape index (κ2) is 5.90. The summed E-state index contributed by atoms with van der Waals surface area (Å²) >= 11 is 0. The molecule has 1 aromatic carbocycles. The molecule has 0 bridgehead atoms. The first-order valence-corrected chi connectivity index (χ1v) is 4.99. The number of carbonyl (C=O) groups is 2. The van der Waals surface area contributed by atoms with Crippen LogP contribution in [0.4, 0.5) is 0 Å². The van der Waals surface area contributed by atoms with Gasteiger partial charge < -0.3 is 9.64 Å². The summed E-state index contributed by atoms with van der Waals surface area (Å²) in [7, 11) is 3.21. The molecule has 16 heavy (non-hydrogen) atoms. The van der Waals surface area contributed by atoms with Crippen LogP contribution in [0, 0.1) is 0 Å². The number of hydrogen-bond donors (Lipinski definition) is 0. The number of hydrogen-bond acceptors (Lipinski definition) is 3. The van der Waals surface area contributed by atoms with Crippen molar-refractivity contribution in [3.05, 3.63) is 35.9 Å². The summed E-state index contributed by atoms with van der Waals surface area (Å²) in [5.41, 5.74) is 0.910. The van der Waals surface area contributed by atoms with E-state index in [0.29, 0.717) is 0 Å². The summed E-state index contributed by atoms with van der Waals surface area (Å²) in [5.74, 6) is -0.749. The van der Waals surface area contributed by atoms with Crippen molar-refractivity contribution in [2.75, 3.05) is 14.1 Å². The van der Waals surface area contributed by atoms with Gasteiger partial charge in [-0.25, -0.2) is 0 Å². The molecule has 0 aromatic heterocycles. The Labute approximate surface area is 94.8 Å². The quantitative estimate of drug-likeness (QED) is 0.567. The summed E-state index contributed by atoms with van der Waals surface area (Å²) in [5, 5.41) is 0. The normalized spacial score (nSPS) is 9.62. The highest BCUT2D eigenvalue weighted by Gasteiger charge is 2.12. The van der Waals surface area contributed by atoms with Crippen molar-refractivity contribution >= 4 is 11.9 Å². The van der Waals surface area contributed by atoms with Crippen LogP contribution in [0.15, 0.2) is 30.3 Å². The lowest BCUT2D eigenvalue weighted by Gasteiger charge is -2.09. The smallest absolute Gasteiger partial charge is 0.315 e. The minimum absolute atomic E-state index is 0.208. The fourth-order valence-electron chi connectivity index (χ4n) is 1.07. The number of carbonyl (C=O) groups excluding carboxylic acids is 2. The van der Waals surface area contributed by atoms with Gasteiger partial charge in [0.1, 0.15) is 13.0 Å². The maximum Gasteiger partial charge on any atom is 0.315 e. The third-order valence-corrected chi connectivity index (χ3v) is 2.04. The lowest BCUT2D eigenvalue weighted by Crippen LogP contribution is -2.25. The van der Waals surface area contributed by atoms with Crippen molar-refractivity contribution in [2.45, 2.75) is 13.0 Å². The molecule has 0 spiro atoms. The van der Waals surface area contributed by atoms with Crippen molar-refractivity contribution in [3.63, 3.8) is 0 Å². The Balaban J connectivity index is 2.34. The molecule has 0 saturated carbocycles. The Hall–Kier alpha value is -1.84. The largest absolute Gasteiger partial charge is 0.460 e. The molecule has 4 nitrogen and oxygen atoms in total. The highest BCUT2D eigenvalue weighted by molar-refractivity contribution is 5.93. The van der Waals surface area contributed by atoms with E-state index in [1.165, 1.54) is 4.90 Å². The SMILES string of the molecule is CN(C)C(=O)CC(=O)OCc1ccccc1. The molecule has 1 rings (SSSR count). The molecule has 0 saturated heterocycles. The molecule has 1 aromatic rings. The minimum atomic E-state index is -0.498. The van der Waals surface area contributed by atoms with Crippen LogP contribution in [0.1, 0.15) is 12.0 Å². The molecule has 4 heteroatoms. The van der Waals surface area contributed by atoms with E-state index in [1.54, 1.807) is 14.1 Å². The van der Waals surface area contributed by atoms with Crippen molar-refractivity contribution in [2.24, 2.45) is 0 Å². The predicted octanol–water partition coefficient (Wildman–Crippen LogP) is 1.21. The molecular weight excluding hydrogens is 206 g/mol. The summed E-state index contributed by atoms with van der Waals surface area (Å²) in [6.07, 6.45) is -0.208. The van der Waals surface area contributed by atoms with Gasteiger partial charge in [-0.3, -0.25) is 9.59 Å². The second-order valence-electron chi connectivity index (χ2n) is 3.61. The predicted molar refractivity (Wildman–Crippen MR) is 59.5 cm³/mol. The summed E-state index contributed by atoms with van der Waals surface area (Å²) in [6, 6.07) is 9.35. The highest BCUT2D eigenvalue weighted by atomic mass is 16.5. The van der Waals surface area contributed by atoms with Gasteiger partial charge in [-0.05, 0) is 5.56 Å². The molecule has 86 valence electrons. The highest BCUT2D eigenvalue weighted by Crippen LogP contribution is 2.02. The van der Waals surface area contributed by atoms with E-state index in [-0.39, 0.29) is 18.9 Å². The average Bonchev–Trinajstić information content (AvgIpc) is 2.27. The van der Waals surface area contributed by atoms with Gasteiger partial charge in [0.05, 0.1) is 0 Å². The zero-order valence-electron chi connectivity index (χ0n) is 9.47. The second-order valence-corrected chi connectivity index (χ2v) is 3.61. The molecule has 0 fully saturated rings. The Morgan fingerprint density at radius 3 is 2.38 bits per heavy atom. The molecule has 1 amide bonds. The third-order valence-electron chi connectivity index (χ3n) is 2.04. The standard InChI is InChI=1S/C12H15NO3/c1-13(2)11(14)8-12(15)16-9-10-6-4-3-5-7-10/h3-7H,8-9H2,1-2H3. The molecule has 0 aliphatic rings.